The van der Waals surface area contributed by atoms with Crippen molar-refractivity contribution < 1.29 is 14.4 Å². The van der Waals surface area contributed by atoms with Gasteiger partial charge < -0.3 is 30.7 Å². The molecule has 0 bridgehead atoms. The molecule has 3 N–H and O–H groups in total. The highest BCUT2D eigenvalue weighted by molar-refractivity contribution is 5.90. The normalized spacial score (nSPS) is 16.2. The van der Waals surface area contributed by atoms with Crippen molar-refractivity contribution in [3.8, 4) is 0 Å². The average Bonchev–Trinajstić information content (AvgIpc) is 0.740. The number of amides is 3. The van der Waals surface area contributed by atoms with E-state index in [-0.39, 0.29) is 17.7 Å². The maximum Gasteiger partial charge on any atom is 0.226 e. The Balaban J connectivity index is 3.23. The molecule has 0 saturated heterocycles. The second-order valence-corrected chi connectivity index (χ2v) is 46.3. The van der Waals surface area contributed by atoms with Crippen molar-refractivity contribution >= 4 is 17.7 Å². The predicted molar refractivity (Wildman–Crippen MR) is 658 cm³/mol. The molecule has 2 atom stereocenters. The molecule has 9 nitrogen and oxygen atoms in total. The van der Waals surface area contributed by atoms with E-state index in [2.05, 4.69) is 239 Å². The van der Waals surface area contributed by atoms with Crippen LogP contribution < -0.4 is 16.0 Å². The Hall–Kier alpha value is -4.83. The van der Waals surface area contributed by atoms with Gasteiger partial charge in [-0.05, 0) is 348 Å². The van der Waals surface area contributed by atoms with Crippen molar-refractivity contribution in [3.05, 3.63) is 146 Å². The number of unbranched alkanes of at least 4 members (excludes halogenated alkanes) is 63. The van der Waals surface area contributed by atoms with E-state index >= 15 is 14.4 Å². The summed E-state index contributed by atoms with van der Waals surface area (Å²) in [5.74, 6) is 0.0143. The Morgan fingerprint density at radius 2 is 0.279 bits per heavy atom. The van der Waals surface area contributed by atoms with E-state index in [4.69, 9.17) is 0 Å². The van der Waals surface area contributed by atoms with Crippen LogP contribution in [-0.4, -0.2) is 111 Å². The molecule has 1 fully saturated rings. The van der Waals surface area contributed by atoms with Crippen LogP contribution in [-0.2, 0) is 14.4 Å². The van der Waals surface area contributed by atoms with Gasteiger partial charge in [-0.3, -0.25) is 14.4 Å². The monoisotopic (exact) mass is 2040 g/mol. The lowest BCUT2D eigenvalue weighted by Crippen LogP contribution is -2.58. The highest BCUT2D eigenvalue weighted by Gasteiger charge is 2.57. The van der Waals surface area contributed by atoms with Crippen molar-refractivity contribution in [2.75, 3.05) is 78.5 Å². The molecule has 0 heterocycles. The zero-order chi connectivity index (χ0) is 106. The molecule has 0 aromatic rings. The molecular formula is C138H252N6O3. The smallest absolute Gasteiger partial charge is 0.226 e. The van der Waals surface area contributed by atoms with E-state index in [0.29, 0.717) is 38.9 Å². The van der Waals surface area contributed by atoms with Crippen molar-refractivity contribution in [3.63, 3.8) is 0 Å². The Bertz CT molecular complexity index is 2700. The number of carbonyl (C=O) groups excluding carboxylic acids is 3. The van der Waals surface area contributed by atoms with Gasteiger partial charge in [-0.1, -0.05) is 478 Å². The van der Waals surface area contributed by atoms with Crippen LogP contribution in [0.5, 0.6) is 0 Å². The van der Waals surface area contributed by atoms with Crippen molar-refractivity contribution in [2.45, 2.75) is 621 Å². The van der Waals surface area contributed by atoms with Crippen molar-refractivity contribution in [1.29, 1.82) is 0 Å². The van der Waals surface area contributed by atoms with Crippen molar-refractivity contribution in [1.82, 2.24) is 30.7 Å². The number of rotatable bonds is 114. The maximum absolute atomic E-state index is 15.1. The zero-order valence-electron chi connectivity index (χ0n) is 99.9. The molecule has 9 heteroatoms. The third-order valence-corrected chi connectivity index (χ3v) is 31.1. The Morgan fingerprint density at radius 1 is 0.163 bits per heavy atom. The van der Waals surface area contributed by atoms with E-state index in [1.807, 2.05) is 0 Å². The van der Waals surface area contributed by atoms with E-state index in [1.54, 1.807) is 0 Å². The van der Waals surface area contributed by atoms with Gasteiger partial charge in [-0.2, -0.15) is 0 Å². The highest BCUT2D eigenvalue weighted by Crippen LogP contribution is 2.55. The largest absolute Gasteiger partial charge is 0.356 e. The lowest BCUT2D eigenvalue weighted by atomic mass is 9.53. The van der Waals surface area contributed by atoms with Crippen LogP contribution in [0.4, 0.5) is 0 Å². The molecule has 2 unspecified atom stereocenters. The minimum absolute atomic E-state index is 0.00478. The highest BCUT2D eigenvalue weighted by atomic mass is 16.2. The number of hydrogen-bond acceptors (Lipinski definition) is 6. The van der Waals surface area contributed by atoms with E-state index in [1.165, 1.54) is 482 Å². The van der Waals surface area contributed by atoms with Gasteiger partial charge in [0.1, 0.15) is 0 Å². The first-order chi connectivity index (χ1) is 72.4. The molecule has 0 aromatic heterocycles. The van der Waals surface area contributed by atoms with E-state index in [0.717, 1.165) is 116 Å². The number of nitrogens with zero attached hydrogens (tertiary/aromatic N) is 3. The summed E-state index contributed by atoms with van der Waals surface area (Å²) in [6, 6.07) is 0. The zero-order valence-corrected chi connectivity index (χ0v) is 99.9. The number of hydrogen-bond donors (Lipinski definition) is 3. The molecule has 1 aliphatic rings. The topological polar surface area (TPSA) is 97.0 Å². The third-order valence-electron chi connectivity index (χ3n) is 31.1. The second kappa shape index (κ2) is 112. The summed E-state index contributed by atoms with van der Waals surface area (Å²) in [6.45, 7) is 32.5. The molecular weight excluding hydrogens is 1790 g/mol. The molecule has 1 aliphatic carbocycles. The van der Waals surface area contributed by atoms with Crippen LogP contribution in [0.15, 0.2) is 146 Å². The van der Waals surface area contributed by atoms with E-state index in [9.17, 15) is 0 Å². The average molecular weight is 2040 g/mol. The Kier molecular flexibility index (Phi) is 107. The summed E-state index contributed by atoms with van der Waals surface area (Å²) in [5, 5.41) is 10.3. The molecule has 0 aliphatic heterocycles. The lowest BCUT2D eigenvalue weighted by Gasteiger charge is -2.50. The lowest BCUT2D eigenvalue weighted by molar-refractivity contribution is -0.154. The van der Waals surface area contributed by atoms with Crippen molar-refractivity contribution in [2.24, 2.45) is 16.2 Å². The molecule has 3 amide bonds. The third kappa shape index (κ3) is 95.5. The quantitative estimate of drug-likeness (QED) is 0.0415. The number of allylic oxidation sites excluding steroid dienone is 24. The van der Waals surface area contributed by atoms with Gasteiger partial charge in [-0.25, -0.2) is 0 Å². The first-order valence-corrected chi connectivity index (χ1v) is 65.2. The molecule has 852 valence electrons. The van der Waals surface area contributed by atoms with Crippen LogP contribution >= 0.6 is 0 Å². The fourth-order valence-electron chi connectivity index (χ4n) is 21.9. The fourth-order valence-corrected chi connectivity index (χ4v) is 21.9. The minimum atomic E-state index is -0.881. The number of carbonyl (C=O) groups is 3. The van der Waals surface area contributed by atoms with Crippen LogP contribution in [0.2, 0.25) is 0 Å². The maximum atomic E-state index is 15.1. The summed E-state index contributed by atoms with van der Waals surface area (Å²) in [6.07, 6.45) is 164. The minimum Gasteiger partial charge on any atom is -0.356 e. The molecule has 0 spiro atoms. The van der Waals surface area contributed by atoms with Gasteiger partial charge >= 0.3 is 0 Å². The molecule has 147 heavy (non-hydrogen) atoms. The first-order valence-electron chi connectivity index (χ1n) is 65.2. The summed E-state index contributed by atoms with van der Waals surface area (Å²) in [7, 11) is 0. The van der Waals surface area contributed by atoms with Gasteiger partial charge in [-0.15, -0.1) is 0 Å². The Morgan fingerprint density at radius 3 is 0.415 bits per heavy atom. The van der Waals surface area contributed by atoms with E-state index < -0.39 is 16.2 Å². The molecule has 1 saturated carbocycles. The first kappa shape index (κ1) is 140. The van der Waals surface area contributed by atoms with Crippen LogP contribution in [0.25, 0.3) is 0 Å². The fraction of sp³-hybridized carbons (Fsp3) is 0.804. The van der Waals surface area contributed by atoms with Gasteiger partial charge in [0.25, 0.3) is 0 Å². The summed E-state index contributed by atoms with van der Waals surface area (Å²) >= 11 is 0. The second-order valence-electron chi connectivity index (χ2n) is 46.3. The molecule has 0 radical (unpaired) electrons. The molecule has 1 rings (SSSR count). The number of nitrogens with one attached hydrogen (secondary N) is 3. The van der Waals surface area contributed by atoms with Gasteiger partial charge in [0.05, 0.1) is 0 Å². The molecule has 0 aromatic carbocycles. The summed E-state index contributed by atoms with van der Waals surface area (Å²) < 4.78 is 0. The van der Waals surface area contributed by atoms with Gasteiger partial charge in [0.2, 0.25) is 17.7 Å². The SMILES string of the molecule is CCCCCC=CCC=CCCCCCCCCN(CCCCCCCC/C=C\C/C=C\CCCCC)CCCCCCNC(=O)C1(C)CC(C)(C(=O)NCCCCCCN(CCCCCCCC/C=C\C/C=C\CCCCC)CCCCCCCC/C=C\C/C=C\CCCCC)CC(C)(C(=O)NCCCCCCN(CCCCCCCC/C=C\C/C=C\CCCCC)CCCCCCCC/C=C\C/C=C\CCCCC)C1. The summed E-state index contributed by atoms with van der Waals surface area (Å²) in [4.78, 5) is 53.5. The standard InChI is InChI=1S/C138H252N6O3/c1-10-16-22-28-34-40-46-52-58-64-70-76-82-88-97-109-121-142(122-110-98-89-83-77-71-65-59-53-47-41-35-29-23-17-11-2)127-115-103-94-106-118-139-133(145)136(7)130-137(8,134(146)140-119-107-95-104-116-128-143(123-111-99-90-84-78-72-66-60-54-48-42-36-30-24-18-12-3)124-112-100-91-85-79-73-67-61-55-49-43-37-31-25-19-13-4)132-138(9,131-136)135(147)141-120-108-96-105-117-129-144(125-113-101-92-86-80-74-68-62-56-50-44-38-32-26-20-14-5)126-114-102-93-87-81-75-69-63-57-51-45-39-33-27-21-15-6/h34-45,52-63H,10-33,46-51,64-132H2,1-9H3,(H,139,145)(H,140,146)(H,141,147)/b40-34-,41-35-,42-36-,43-37-,44-38-,45-39?,58-52-,59-53-,60-54-,61-55-,62-56-,63-57?. The van der Waals surface area contributed by atoms with Gasteiger partial charge in [0, 0.05) is 35.9 Å². The van der Waals surface area contributed by atoms with Crippen LogP contribution in [0.1, 0.15) is 621 Å². The van der Waals surface area contributed by atoms with Crippen LogP contribution in [0, 0.1) is 16.2 Å². The van der Waals surface area contributed by atoms with Gasteiger partial charge in [0.15, 0.2) is 0 Å². The Labute approximate surface area is 918 Å². The van der Waals surface area contributed by atoms with Crippen LogP contribution in [0.3, 0.4) is 0 Å². The predicted octanol–water partition coefficient (Wildman–Crippen LogP) is 42.0. The summed E-state index contributed by atoms with van der Waals surface area (Å²) in [5.41, 5.74) is -2.64.